The summed E-state index contributed by atoms with van der Waals surface area (Å²) in [4.78, 5) is 11.4. The Morgan fingerprint density at radius 2 is 2.29 bits per heavy atom. The van der Waals surface area contributed by atoms with Gasteiger partial charge in [-0.05, 0) is 33.1 Å². The summed E-state index contributed by atoms with van der Waals surface area (Å²) in [6.45, 7) is 7.03. The van der Waals surface area contributed by atoms with Gasteiger partial charge in [0.15, 0.2) is 0 Å². The van der Waals surface area contributed by atoms with E-state index in [9.17, 15) is 4.79 Å². The van der Waals surface area contributed by atoms with Crippen LogP contribution in [0.3, 0.4) is 0 Å². The highest BCUT2D eigenvalue weighted by Crippen LogP contribution is 2.20. The first-order chi connectivity index (χ1) is 7.92. The lowest BCUT2D eigenvalue weighted by molar-refractivity contribution is 0.0309. The zero-order chi connectivity index (χ0) is 12.9. The van der Waals surface area contributed by atoms with Crippen LogP contribution in [0.1, 0.15) is 27.2 Å². The van der Waals surface area contributed by atoms with E-state index in [-0.39, 0.29) is 11.8 Å². The van der Waals surface area contributed by atoms with Crippen molar-refractivity contribution in [3.8, 4) is 6.07 Å². The molecule has 1 N–H and O–H groups in total. The minimum absolute atomic E-state index is 0.140. The summed E-state index contributed by atoms with van der Waals surface area (Å²) in [6.07, 6.45) is 0.370. The van der Waals surface area contributed by atoms with Gasteiger partial charge in [-0.15, -0.1) is 0 Å². The Morgan fingerprint density at radius 3 is 2.88 bits per heavy atom. The quantitative estimate of drug-likeness (QED) is 0.797. The Labute approximate surface area is 102 Å². The van der Waals surface area contributed by atoms with Crippen LogP contribution in [0, 0.1) is 23.2 Å². The summed E-state index contributed by atoms with van der Waals surface area (Å²) < 4.78 is 10.4. The zero-order valence-electron chi connectivity index (χ0n) is 10.7. The first-order valence-corrected chi connectivity index (χ1v) is 5.86. The van der Waals surface area contributed by atoms with Crippen LogP contribution in [0.15, 0.2) is 0 Å². The summed E-state index contributed by atoms with van der Waals surface area (Å²) in [5, 5.41) is 11.6. The molecule has 1 amide bonds. The standard InChI is InChI=1S/C12H20N2O3/c1-12(2,3)17-11(15)14-7-9-4-5-16-8-10(9)6-13/h9-10H,4-5,7-8H2,1-3H3,(H,14,15). The number of carbonyl (C=O) groups excluding carboxylic acids is 1. The SMILES string of the molecule is CC(C)(C)OC(=O)NCC1CCOCC1C#N. The number of carbonyl (C=O) groups is 1. The molecule has 0 radical (unpaired) electrons. The van der Waals surface area contributed by atoms with Crippen molar-refractivity contribution in [3.63, 3.8) is 0 Å². The van der Waals surface area contributed by atoms with Crippen molar-refractivity contribution in [2.45, 2.75) is 32.8 Å². The highest BCUT2D eigenvalue weighted by molar-refractivity contribution is 5.67. The number of rotatable bonds is 2. The average molecular weight is 240 g/mol. The third-order valence-electron chi connectivity index (χ3n) is 2.57. The molecule has 2 atom stereocenters. The number of ether oxygens (including phenoxy) is 2. The Morgan fingerprint density at radius 1 is 1.59 bits per heavy atom. The molecule has 0 spiro atoms. The van der Waals surface area contributed by atoms with Gasteiger partial charge in [-0.3, -0.25) is 0 Å². The number of alkyl carbamates (subject to hydrolysis) is 1. The van der Waals surface area contributed by atoms with Crippen molar-refractivity contribution in [2.24, 2.45) is 11.8 Å². The number of nitrogens with one attached hydrogen (secondary N) is 1. The summed E-state index contributed by atoms with van der Waals surface area (Å²) in [5.74, 6) is 0.0138. The average Bonchev–Trinajstić information content (AvgIpc) is 2.24. The van der Waals surface area contributed by atoms with Gasteiger partial charge in [-0.25, -0.2) is 4.79 Å². The van der Waals surface area contributed by atoms with E-state index in [1.807, 2.05) is 20.8 Å². The molecule has 0 aliphatic carbocycles. The van der Waals surface area contributed by atoms with Gasteiger partial charge in [0, 0.05) is 13.2 Å². The third kappa shape index (κ3) is 5.05. The topological polar surface area (TPSA) is 71.3 Å². The Kier molecular flexibility index (Phi) is 4.76. The molecule has 0 aromatic rings. The van der Waals surface area contributed by atoms with Crippen LogP contribution in [0.25, 0.3) is 0 Å². The van der Waals surface area contributed by atoms with Crippen molar-refractivity contribution >= 4 is 6.09 Å². The molecular formula is C12H20N2O3. The van der Waals surface area contributed by atoms with E-state index >= 15 is 0 Å². The van der Waals surface area contributed by atoms with Crippen LogP contribution in [0.5, 0.6) is 0 Å². The van der Waals surface area contributed by atoms with Crippen molar-refractivity contribution in [1.82, 2.24) is 5.32 Å². The Bertz CT molecular complexity index is 304. The predicted molar refractivity (Wildman–Crippen MR) is 62.3 cm³/mol. The molecule has 0 saturated carbocycles. The molecule has 0 aromatic heterocycles. The fraction of sp³-hybridized carbons (Fsp3) is 0.833. The smallest absolute Gasteiger partial charge is 0.407 e. The van der Waals surface area contributed by atoms with Gasteiger partial charge in [-0.2, -0.15) is 5.26 Å². The fourth-order valence-corrected chi connectivity index (χ4v) is 1.70. The second kappa shape index (κ2) is 5.87. The lowest BCUT2D eigenvalue weighted by Crippen LogP contribution is -2.39. The molecule has 5 heteroatoms. The number of hydrogen-bond donors (Lipinski definition) is 1. The number of nitrogens with zero attached hydrogens (tertiary/aromatic N) is 1. The number of amides is 1. The van der Waals surface area contributed by atoms with E-state index in [1.54, 1.807) is 0 Å². The molecule has 96 valence electrons. The first-order valence-electron chi connectivity index (χ1n) is 5.86. The first kappa shape index (κ1) is 13.8. The van der Waals surface area contributed by atoms with E-state index < -0.39 is 11.7 Å². The number of nitriles is 1. The van der Waals surface area contributed by atoms with Gasteiger partial charge in [0.05, 0.1) is 18.6 Å². The van der Waals surface area contributed by atoms with Gasteiger partial charge in [-0.1, -0.05) is 0 Å². The van der Waals surface area contributed by atoms with Crippen molar-refractivity contribution in [2.75, 3.05) is 19.8 Å². The predicted octanol–water partition coefficient (Wildman–Crippen LogP) is 1.69. The Hall–Kier alpha value is -1.28. The van der Waals surface area contributed by atoms with Crippen molar-refractivity contribution in [3.05, 3.63) is 0 Å². The molecule has 1 heterocycles. The van der Waals surface area contributed by atoms with E-state index in [1.165, 1.54) is 0 Å². The van der Waals surface area contributed by atoms with E-state index in [0.29, 0.717) is 19.8 Å². The van der Waals surface area contributed by atoms with E-state index in [4.69, 9.17) is 14.7 Å². The van der Waals surface area contributed by atoms with Gasteiger partial charge in [0.1, 0.15) is 5.60 Å². The van der Waals surface area contributed by atoms with E-state index in [0.717, 1.165) is 6.42 Å². The lowest BCUT2D eigenvalue weighted by Gasteiger charge is -2.27. The minimum atomic E-state index is -0.492. The molecule has 1 aliphatic heterocycles. The lowest BCUT2D eigenvalue weighted by atomic mass is 9.89. The maximum atomic E-state index is 11.4. The molecule has 0 aromatic carbocycles. The van der Waals surface area contributed by atoms with Gasteiger partial charge < -0.3 is 14.8 Å². The maximum absolute atomic E-state index is 11.4. The molecule has 0 bridgehead atoms. The molecule has 1 saturated heterocycles. The molecule has 2 unspecified atom stereocenters. The van der Waals surface area contributed by atoms with Crippen LogP contribution in [-0.2, 0) is 9.47 Å². The maximum Gasteiger partial charge on any atom is 0.407 e. The minimum Gasteiger partial charge on any atom is -0.444 e. The molecule has 5 nitrogen and oxygen atoms in total. The Balaban J connectivity index is 2.34. The second-order valence-electron chi connectivity index (χ2n) is 5.24. The molecule has 1 aliphatic rings. The van der Waals surface area contributed by atoms with Gasteiger partial charge >= 0.3 is 6.09 Å². The summed E-state index contributed by atoms with van der Waals surface area (Å²) in [5.41, 5.74) is -0.492. The molecule has 17 heavy (non-hydrogen) atoms. The summed E-state index contributed by atoms with van der Waals surface area (Å²) in [7, 11) is 0. The fourth-order valence-electron chi connectivity index (χ4n) is 1.70. The van der Waals surface area contributed by atoms with Crippen LogP contribution in [0.4, 0.5) is 4.79 Å². The van der Waals surface area contributed by atoms with Crippen LogP contribution in [0.2, 0.25) is 0 Å². The zero-order valence-corrected chi connectivity index (χ0v) is 10.7. The molecule has 1 rings (SSSR count). The van der Waals surface area contributed by atoms with Crippen molar-refractivity contribution < 1.29 is 14.3 Å². The van der Waals surface area contributed by atoms with Crippen LogP contribution < -0.4 is 5.32 Å². The number of hydrogen-bond acceptors (Lipinski definition) is 4. The van der Waals surface area contributed by atoms with Crippen LogP contribution in [-0.4, -0.2) is 31.5 Å². The highest BCUT2D eigenvalue weighted by atomic mass is 16.6. The monoisotopic (exact) mass is 240 g/mol. The van der Waals surface area contributed by atoms with Crippen molar-refractivity contribution in [1.29, 1.82) is 5.26 Å². The second-order valence-corrected chi connectivity index (χ2v) is 5.24. The van der Waals surface area contributed by atoms with E-state index in [2.05, 4.69) is 11.4 Å². The normalized spacial score (nSPS) is 24.8. The van der Waals surface area contributed by atoms with Gasteiger partial charge in [0.25, 0.3) is 0 Å². The van der Waals surface area contributed by atoms with Gasteiger partial charge in [0.2, 0.25) is 0 Å². The third-order valence-corrected chi connectivity index (χ3v) is 2.57. The summed E-state index contributed by atoms with van der Waals surface area (Å²) >= 11 is 0. The highest BCUT2D eigenvalue weighted by Gasteiger charge is 2.26. The molecular weight excluding hydrogens is 220 g/mol. The summed E-state index contributed by atoms with van der Waals surface area (Å²) in [6, 6.07) is 2.21. The largest absolute Gasteiger partial charge is 0.444 e. The van der Waals surface area contributed by atoms with Crippen LogP contribution >= 0.6 is 0 Å². The molecule has 1 fully saturated rings.